The first-order valence-corrected chi connectivity index (χ1v) is 9.59. The highest BCUT2D eigenvalue weighted by atomic mass is 16.5. The molecule has 3 rings (SSSR count). The van der Waals surface area contributed by atoms with Gasteiger partial charge in [0.15, 0.2) is 0 Å². The smallest absolute Gasteiger partial charge is 0.270 e. The minimum Gasteiger partial charge on any atom is -0.379 e. The van der Waals surface area contributed by atoms with Gasteiger partial charge in [-0.2, -0.15) is 0 Å². The van der Waals surface area contributed by atoms with Crippen molar-refractivity contribution in [3.8, 4) is 0 Å². The van der Waals surface area contributed by atoms with E-state index in [1.54, 1.807) is 0 Å². The van der Waals surface area contributed by atoms with E-state index in [0.717, 1.165) is 56.3 Å². The van der Waals surface area contributed by atoms with Crippen LogP contribution in [0.25, 0.3) is 0 Å². The molecule has 1 atom stereocenters. The number of anilines is 1. The molecule has 1 fully saturated rings. The molecule has 2 aliphatic rings. The Morgan fingerprint density at radius 3 is 2.88 bits per heavy atom. The Kier molecular flexibility index (Phi) is 6.09. The predicted molar refractivity (Wildman–Crippen MR) is 102 cm³/mol. The summed E-state index contributed by atoms with van der Waals surface area (Å²) in [6, 6.07) is 0. The molecular weight excluding hydrogens is 330 g/mol. The van der Waals surface area contributed by atoms with Gasteiger partial charge in [0.2, 0.25) is 0 Å². The van der Waals surface area contributed by atoms with Crippen molar-refractivity contribution in [3.63, 3.8) is 0 Å². The third-order valence-corrected chi connectivity index (χ3v) is 4.76. The molecule has 7 heteroatoms. The Labute approximate surface area is 156 Å². The zero-order valence-electron chi connectivity index (χ0n) is 16.4. The van der Waals surface area contributed by atoms with Gasteiger partial charge in [-0.25, -0.2) is 9.97 Å². The molecule has 0 aromatic carbocycles. The molecule has 0 spiro atoms. The minimum atomic E-state index is -0.0733. The maximum absolute atomic E-state index is 12.4. The summed E-state index contributed by atoms with van der Waals surface area (Å²) in [6.45, 7) is 9.07. The molecule has 1 N–H and O–H groups in total. The summed E-state index contributed by atoms with van der Waals surface area (Å²) in [5.41, 5.74) is 1.55. The number of hydrogen-bond donors (Lipinski definition) is 1. The van der Waals surface area contributed by atoms with Crippen LogP contribution in [0.2, 0.25) is 0 Å². The summed E-state index contributed by atoms with van der Waals surface area (Å²) in [5, 5.41) is 2.92. The van der Waals surface area contributed by atoms with Gasteiger partial charge in [0.1, 0.15) is 17.3 Å². The van der Waals surface area contributed by atoms with Crippen LogP contribution >= 0.6 is 0 Å². The second-order valence-corrected chi connectivity index (χ2v) is 8.04. The van der Waals surface area contributed by atoms with Gasteiger partial charge < -0.3 is 19.9 Å². The molecule has 0 radical (unpaired) electrons. The standard InChI is InChI=1S/C19H31N5O2/c1-13(2)9-16-21-17-15(5-6-20-19(17)25)18(22-16)24-7-8-26-12-14(11-24)10-23(3)4/h13-14H,5-12H2,1-4H3,(H,20,25). The average Bonchev–Trinajstić information content (AvgIpc) is 2.79. The zero-order chi connectivity index (χ0) is 18.7. The second-order valence-electron chi connectivity index (χ2n) is 8.04. The van der Waals surface area contributed by atoms with E-state index < -0.39 is 0 Å². The molecule has 1 aromatic rings. The van der Waals surface area contributed by atoms with Crippen molar-refractivity contribution in [1.29, 1.82) is 0 Å². The number of carbonyl (C=O) groups is 1. The number of nitrogens with zero attached hydrogens (tertiary/aromatic N) is 4. The Morgan fingerprint density at radius 1 is 1.35 bits per heavy atom. The van der Waals surface area contributed by atoms with E-state index >= 15 is 0 Å². The maximum atomic E-state index is 12.4. The molecule has 3 heterocycles. The first-order chi connectivity index (χ1) is 12.4. The van der Waals surface area contributed by atoms with E-state index in [0.29, 0.717) is 30.7 Å². The number of ether oxygens (including phenoxy) is 1. The van der Waals surface area contributed by atoms with Crippen LogP contribution in [0.3, 0.4) is 0 Å². The van der Waals surface area contributed by atoms with Crippen LogP contribution in [0.5, 0.6) is 0 Å². The highest BCUT2D eigenvalue weighted by molar-refractivity contribution is 5.96. The molecule has 144 valence electrons. The number of rotatable bonds is 5. The van der Waals surface area contributed by atoms with Crippen LogP contribution in [0.4, 0.5) is 5.82 Å². The lowest BCUT2D eigenvalue weighted by Crippen LogP contribution is -2.39. The normalized spacial score (nSPS) is 20.9. The summed E-state index contributed by atoms with van der Waals surface area (Å²) in [6.07, 6.45) is 1.56. The Morgan fingerprint density at radius 2 is 2.15 bits per heavy atom. The monoisotopic (exact) mass is 361 g/mol. The minimum absolute atomic E-state index is 0.0733. The SMILES string of the molecule is CC(C)Cc1nc2c(c(N3CCOCC(CN(C)C)C3)n1)CCNC2=O. The van der Waals surface area contributed by atoms with Gasteiger partial charge in [0.25, 0.3) is 5.91 Å². The van der Waals surface area contributed by atoms with E-state index in [1.807, 2.05) is 0 Å². The van der Waals surface area contributed by atoms with Crippen LogP contribution in [0.1, 0.15) is 35.7 Å². The summed E-state index contributed by atoms with van der Waals surface area (Å²) in [5.74, 6) is 2.50. The number of fused-ring (bicyclic) bond motifs is 1. The van der Waals surface area contributed by atoms with Crippen LogP contribution < -0.4 is 10.2 Å². The molecule has 0 bridgehead atoms. The maximum Gasteiger partial charge on any atom is 0.270 e. The van der Waals surface area contributed by atoms with Gasteiger partial charge in [-0.15, -0.1) is 0 Å². The van der Waals surface area contributed by atoms with E-state index in [2.05, 4.69) is 48.0 Å². The predicted octanol–water partition coefficient (Wildman–Crippen LogP) is 0.975. The van der Waals surface area contributed by atoms with E-state index in [9.17, 15) is 4.79 Å². The Balaban J connectivity index is 1.95. The molecule has 1 saturated heterocycles. The van der Waals surface area contributed by atoms with Crippen molar-refractivity contribution in [2.45, 2.75) is 26.7 Å². The van der Waals surface area contributed by atoms with Crippen molar-refractivity contribution in [2.75, 3.05) is 58.4 Å². The molecule has 0 saturated carbocycles. The number of hydrogen-bond acceptors (Lipinski definition) is 6. The molecule has 0 aliphatic carbocycles. The fourth-order valence-corrected chi connectivity index (χ4v) is 3.74. The first kappa shape index (κ1) is 19.0. The lowest BCUT2D eigenvalue weighted by molar-refractivity contribution is 0.0940. The second kappa shape index (κ2) is 8.31. The van der Waals surface area contributed by atoms with Crippen molar-refractivity contribution < 1.29 is 9.53 Å². The molecule has 1 unspecified atom stereocenters. The Hall–Kier alpha value is -1.73. The zero-order valence-corrected chi connectivity index (χ0v) is 16.4. The van der Waals surface area contributed by atoms with Gasteiger partial charge in [0, 0.05) is 44.1 Å². The lowest BCUT2D eigenvalue weighted by atomic mass is 10.0. The van der Waals surface area contributed by atoms with Crippen molar-refractivity contribution in [1.82, 2.24) is 20.2 Å². The summed E-state index contributed by atoms with van der Waals surface area (Å²) < 4.78 is 5.83. The van der Waals surface area contributed by atoms with Crippen molar-refractivity contribution in [2.24, 2.45) is 11.8 Å². The first-order valence-electron chi connectivity index (χ1n) is 9.59. The number of nitrogens with one attached hydrogen (secondary N) is 1. The molecule has 7 nitrogen and oxygen atoms in total. The average molecular weight is 361 g/mol. The fraction of sp³-hybridized carbons (Fsp3) is 0.737. The van der Waals surface area contributed by atoms with E-state index in [1.165, 1.54) is 0 Å². The topological polar surface area (TPSA) is 70.6 Å². The largest absolute Gasteiger partial charge is 0.379 e. The van der Waals surface area contributed by atoms with Gasteiger partial charge in [0.05, 0.1) is 13.2 Å². The van der Waals surface area contributed by atoms with Gasteiger partial charge in [-0.05, 0) is 26.4 Å². The van der Waals surface area contributed by atoms with Gasteiger partial charge in [-0.1, -0.05) is 13.8 Å². The van der Waals surface area contributed by atoms with Crippen LogP contribution in [-0.4, -0.2) is 74.3 Å². The Bertz CT molecular complexity index is 647. The number of aromatic nitrogens is 2. The quantitative estimate of drug-likeness (QED) is 0.843. The van der Waals surface area contributed by atoms with Crippen molar-refractivity contribution >= 4 is 11.7 Å². The van der Waals surface area contributed by atoms with E-state index in [4.69, 9.17) is 9.72 Å². The molecule has 1 amide bonds. The summed E-state index contributed by atoms with van der Waals surface area (Å²) in [7, 11) is 4.18. The number of carbonyl (C=O) groups excluding carboxylic acids is 1. The third-order valence-electron chi connectivity index (χ3n) is 4.76. The molecule has 1 aromatic heterocycles. The molecular formula is C19H31N5O2. The third kappa shape index (κ3) is 4.51. The highest BCUT2D eigenvalue weighted by Crippen LogP contribution is 2.26. The van der Waals surface area contributed by atoms with Crippen LogP contribution in [0, 0.1) is 11.8 Å². The summed E-state index contributed by atoms with van der Waals surface area (Å²) >= 11 is 0. The lowest BCUT2D eigenvalue weighted by Gasteiger charge is -2.30. The molecule has 2 aliphatic heterocycles. The molecule has 26 heavy (non-hydrogen) atoms. The van der Waals surface area contributed by atoms with Crippen LogP contribution in [-0.2, 0) is 17.6 Å². The van der Waals surface area contributed by atoms with Crippen LogP contribution in [0.15, 0.2) is 0 Å². The van der Waals surface area contributed by atoms with Crippen molar-refractivity contribution in [3.05, 3.63) is 17.1 Å². The highest BCUT2D eigenvalue weighted by Gasteiger charge is 2.28. The fourth-order valence-electron chi connectivity index (χ4n) is 3.74. The number of amides is 1. The van der Waals surface area contributed by atoms with Gasteiger partial charge in [-0.3, -0.25) is 4.79 Å². The summed E-state index contributed by atoms with van der Waals surface area (Å²) in [4.78, 5) is 26.4. The van der Waals surface area contributed by atoms with E-state index in [-0.39, 0.29) is 5.91 Å². The van der Waals surface area contributed by atoms with Gasteiger partial charge >= 0.3 is 0 Å².